The van der Waals surface area contributed by atoms with Crippen LogP contribution >= 0.6 is 23.2 Å². The Morgan fingerprint density at radius 3 is 2.44 bits per heavy atom. The summed E-state index contributed by atoms with van der Waals surface area (Å²) in [6.45, 7) is 1.55. The molecule has 0 bridgehead atoms. The molecule has 0 aliphatic heterocycles. The van der Waals surface area contributed by atoms with Crippen LogP contribution in [-0.4, -0.2) is 27.6 Å². The molecule has 0 heterocycles. The van der Waals surface area contributed by atoms with Crippen LogP contribution in [-0.2, 0) is 19.6 Å². The van der Waals surface area contributed by atoms with Gasteiger partial charge in [-0.1, -0.05) is 35.3 Å². The summed E-state index contributed by atoms with van der Waals surface area (Å²) in [7, 11) is -4.16. The van der Waals surface area contributed by atoms with Gasteiger partial charge in [0.05, 0.1) is 11.6 Å². The molecule has 6 nitrogen and oxygen atoms in total. The average Bonchev–Trinajstić information content (AvgIpc) is 2.52. The van der Waals surface area contributed by atoms with Gasteiger partial charge in [0.25, 0.3) is 0 Å². The lowest BCUT2D eigenvalue weighted by Crippen LogP contribution is -2.14. The second-order valence-electron chi connectivity index (χ2n) is 4.68. The van der Waals surface area contributed by atoms with Gasteiger partial charge in [0.2, 0.25) is 0 Å². The van der Waals surface area contributed by atoms with Crippen molar-refractivity contribution in [3.63, 3.8) is 0 Å². The van der Waals surface area contributed by atoms with Crippen LogP contribution in [0.5, 0.6) is 11.5 Å². The maximum absolute atomic E-state index is 12.3. The van der Waals surface area contributed by atoms with Crippen LogP contribution < -0.4 is 8.92 Å². The minimum atomic E-state index is -4.16. The smallest absolute Gasteiger partial charge is 0.344 e. The minimum absolute atomic E-state index is 0.0308. The number of halogens is 2. The number of hydrogen-bond acceptors (Lipinski definition) is 6. The fraction of sp³-hybridized carbons (Fsp3) is 0.188. The summed E-state index contributed by atoms with van der Waals surface area (Å²) >= 11 is 11.8. The van der Waals surface area contributed by atoms with Gasteiger partial charge in [-0.25, -0.2) is 4.79 Å². The van der Waals surface area contributed by atoms with Crippen LogP contribution in [0.25, 0.3) is 0 Å². The number of benzene rings is 2. The molecule has 0 saturated heterocycles. The fourth-order valence-corrected chi connectivity index (χ4v) is 3.46. The lowest BCUT2D eigenvalue weighted by atomic mass is 10.3. The first-order chi connectivity index (χ1) is 11.8. The molecule has 0 aliphatic carbocycles. The number of hydrogen-bond donors (Lipinski definition) is 0. The molecule has 25 heavy (non-hydrogen) atoms. The molecule has 0 saturated carbocycles. The van der Waals surface area contributed by atoms with Crippen LogP contribution in [0.2, 0.25) is 10.0 Å². The topological polar surface area (TPSA) is 78.9 Å². The first-order valence-electron chi connectivity index (χ1n) is 7.10. The monoisotopic (exact) mass is 404 g/mol. The molecular weight excluding hydrogens is 391 g/mol. The number of ether oxygens (including phenoxy) is 2. The highest BCUT2D eigenvalue weighted by Gasteiger charge is 2.20. The van der Waals surface area contributed by atoms with E-state index in [1.807, 2.05) is 0 Å². The standard InChI is InChI=1S/C16H14Cl2O6S/c1-2-22-16(19)10-23-12-7-11(17)8-13(9-12)24-25(20,21)15-6-4-3-5-14(15)18/h3-9H,2,10H2,1H3. The van der Waals surface area contributed by atoms with Gasteiger partial charge in [-0.3, -0.25) is 0 Å². The number of carbonyl (C=O) groups is 1. The maximum Gasteiger partial charge on any atom is 0.344 e. The highest BCUT2D eigenvalue weighted by molar-refractivity contribution is 7.87. The molecular formula is C16H14Cl2O6S. The molecule has 0 fully saturated rings. The maximum atomic E-state index is 12.3. The van der Waals surface area contributed by atoms with E-state index in [4.69, 9.17) is 36.9 Å². The summed E-state index contributed by atoms with van der Waals surface area (Å²) in [6.07, 6.45) is 0. The summed E-state index contributed by atoms with van der Waals surface area (Å²) in [5, 5.41) is 0.203. The molecule has 134 valence electrons. The molecule has 0 aliphatic rings. The zero-order valence-corrected chi connectivity index (χ0v) is 15.4. The van der Waals surface area contributed by atoms with E-state index in [9.17, 15) is 13.2 Å². The molecule has 0 aromatic heterocycles. The van der Waals surface area contributed by atoms with E-state index >= 15 is 0 Å². The minimum Gasteiger partial charge on any atom is -0.482 e. The van der Waals surface area contributed by atoms with Crippen molar-refractivity contribution < 1.29 is 26.9 Å². The van der Waals surface area contributed by atoms with E-state index in [1.54, 1.807) is 13.0 Å². The van der Waals surface area contributed by atoms with Gasteiger partial charge in [0, 0.05) is 17.2 Å². The van der Waals surface area contributed by atoms with Crippen LogP contribution in [0, 0.1) is 0 Å². The molecule has 2 rings (SSSR count). The third-order valence-electron chi connectivity index (χ3n) is 2.82. The van der Waals surface area contributed by atoms with Gasteiger partial charge in [-0.15, -0.1) is 0 Å². The third-order valence-corrected chi connectivity index (χ3v) is 4.79. The van der Waals surface area contributed by atoms with E-state index in [2.05, 4.69) is 0 Å². The number of carbonyl (C=O) groups excluding carboxylic acids is 1. The number of esters is 1. The van der Waals surface area contributed by atoms with Gasteiger partial charge in [0.1, 0.15) is 16.4 Å². The second-order valence-corrected chi connectivity index (χ2v) is 7.04. The summed E-state index contributed by atoms with van der Waals surface area (Å²) in [5.74, 6) is -0.482. The average molecular weight is 405 g/mol. The van der Waals surface area contributed by atoms with Crippen molar-refractivity contribution in [1.82, 2.24) is 0 Å². The lowest BCUT2D eigenvalue weighted by Gasteiger charge is -2.11. The van der Waals surface area contributed by atoms with Crippen molar-refractivity contribution in [3.05, 3.63) is 52.5 Å². The van der Waals surface area contributed by atoms with Crippen LogP contribution in [0.15, 0.2) is 47.4 Å². The van der Waals surface area contributed by atoms with Crippen molar-refractivity contribution in [2.75, 3.05) is 13.2 Å². The summed E-state index contributed by atoms with van der Waals surface area (Å²) in [4.78, 5) is 11.1. The van der Waals surface area contributed by atoms with Crippen molar-refractivity contribution >= 4 is 39.3 Å². The Bertz CT molecular complexity index is 867. The van der Waals surface area contributed by atoms with Crippen LogP contribution in [0.4, 0.5) is 0 Å². The van der Waals surface area contributed by atoms with E-state index in [-0.39, 0.29) is 39.7 Å². The molecule has 2 aromatic carbocycles. The molecule has 0 atom stereocenters. The predicted octanol–water partition coefficient (Wildman–Crippen LogP) is 3.70. The Morgan fingerprint density at radius 2 is 1.76 bits per heavy atom. The van der Waals surface area contributed by atoms with Gasteiger partial charge >= 0.3 is 16.1 Å². The molecule has 2 aromatic rings. The number of rotatable bonds is 7. The Hall–Kier alpha value is -1.96. The Labute approximate surface area is 155 Å². The van der Waals surface area contributed by atoms with Crippen molar-refractivity contribution in [3.8, 4) is 11.5 Å². The zero-order chi connectivity index (χ0) is 18.4. The molecule has 0 spiro atoms. The Balaban J connectivity index is 2.20. The first kappa shape index (κ1) is 19.4. The van der Waals surface area contributed by atoms with Crippen LogP contribution in [0.1, 0.15) is 6.92 Å². The molecule has 9 heteroatoms. The molecule has 0 N–H and O–H groups in total. The summed E-state index contributed by atoms with van der Waals surface area (Å²) in [5.41, 5.74) is 0. The highest BCUT2D eigenvalue weighted by atomic mass is 35.5. The lowest BCUT2D eigenvalue weighted by molar-refractivity contribution is -0.145. The van der Waals surface area contributed by atoms with Crippen molar-refractivity contribution in [2.45, 2.75) is 11.8 Å². The first-order valence-corrected chi connectivity index (χ1v) is 9.26. The van der Waals surface area contributed by atoms with Gasteiger partial charge < -0.3 is 13.7 Å². The molecule has 0 radical (unpaired) electrons. The Morgan fingerprint density at radius 1 is 1.08 bits per heavy atom. The zero-order valence-electron chi connectivity index (χ0n) is 13.1. The normalized spacial score (nSPS) is 11.0. The van der Waals surface area contributed by atoms with Crippen molar-refractivity contribution in [1.29, 1.82) is 0 Å². The quantitative estimate of drug-likeness (QED) is 0.516. The Kier molecular flexibility index (Phi) is 6.52. The van der Waals surface area contributed by atoms with Gasteiger partial charge in [-0.05, 0) is 25.1 Å². The highest BCUT2D eigenvalue weighted by Crippen LogP contribution is 2.30. The van der Waals surface area contributed by atoms with Crippen molar-refractivity contribution in [2.24, 2.45) is 0 Å². The third kappa shape index (κ3) is 5.52. The summed E-state index contributed by atoms with van der Waals surface area (Å²) < 4.78 is 39.7. The van der Waals surface area contributed by atoms with Gasteiger partial charge in [0.15, 0.2) is 6.61 Å². The predicted molar refractivity (Wildman–Crippen MR) is 92.8 cm³/mol. The SMILES string of the molecule is CCOC(=O)COc1cc(Cl)cc(OS(=O)(=O)c2ccccc2Cl)c1. The van der Waals surface area contributed by atoms with E-state index < -0.39 is 16.1 Å². The molecule has 0 unspecified atom stereocenters. The van der Waals surface area contributed by atoms with Gasteiger partial charge in [-0.2, -0.15) is 8.42 Å². The van der Waals surface area contributed by atoms with E-state index in [0.29, 0.717) is 0 Å². The largest absolute Gasteiger partial charge is 0.482 e. The van der Waals surface area contributed by atoms with E-state index in [1.165, 1.54) is 36.4 Å². The second kappa shape index (κ2) is 8.42. The summed E-state index contributed by atoms with van der Waals surface area (Å²) in [6, 6.07) is 9.88. The van der Waals surface area contributed by atoms with Crippen LogP contribution in [0.3, 0.4) is 0 Å². The fourth-order valence-electron chi connectivity index (χ4n) is 1.83. The molecule has 0 amide bonds. The van der Waals surface area contributed by atoms with E-state index in [0.717, 1.165) is 0 Å².